The van der Waals surface area contributed by atoms with Gasteiger partial charge in [0.2, 0.25) is 5.89 Å². The van der Waals surface area contributed by atoms with Gasteiger partial charge in [-0.1, -0.05) is 17.7 Å². The van der Waals surface area contributed by atoms with E-state index in [1.807, 2.05) is 6.07 Å². The number of ether oxygens (including phenoxy) is 1. The third kappa shape index (κ3) is 4.57. The fourth-order valence-electron chi connectivity index (χ4n) is 3.90. The molecule has 166 valence electrons. The number of rotatable bonds is 5. The third-order valence-corrected chi connectivity index (χ3v) is 6.01. The summed E-state index contributed by atoms with van der Waals surface area (Å²) in [5.41, 5.74) is 2.10. The number of nitrogens with zero attached hydrogens (tertiary/aromatic N) is 3. The molecular formula is C21H24ClN3O6. The van der Waals surface area contributed by atoms with Crippen LogP contribution >= 0.6 is 11.6 Å². The SMILES string of the molecule is Cc1cnc(-c2ccc(CC3=C(Cl)C=CC([C@@H]4O[C@H](CO)[C@@H](O)[C@H](O)[C@H]4O)C3)nn2)o1. The zero-order valence-corrected chi connectivity index (χ0v) is 17.6. The summed E-state index contributed by atoms with van der Waals surface area (Å²) in [5, 5.41) is 48.9. The van der Waals surface area contributed by atoms with Gasteiger partial charge in [0, 0.05) is 17.4 Å². The highest BCUT2D eigenvalue weighted by atomic mass is 35.5. The standard InChI is InChI=1S/C21H24ClN3O6/c1-10-8-23-21(30-10)15-5-3-13(24-25-15)7-12-6-11(2-4-14(12)22)20-19(29)18(28)17(27)16(9-26)31-20/h2-5,8,11,16-20,26-29H,6-7,9H2,1H3/t11?,16-,17-,18+,19-,20+/m1/s1. The lowest BCUT2D eigenvalue weighted by molar-refractivity contribution is -0.237. The molecule has 9 nitrogen and oxygen atoms in total. The molecule has 2 aliphatic rings. The smallest absolute Gasteiger partial charge is 0.247 e. The summed E-state index contributed by atoms with van der Waals surface area (Å²) in [5.74, 6) is 0.786. The van der Waals surface area contributed by atoms with Crippen molar-refractivity contribution < 1.29 is 29.6 Å². The topological polar surface area (TPSA) is 142 Å². The Bertz CT molecular complexity index is 974. The molecule has 2 aromatic heterocycles. The van der Waals surface area contributed by atoms with E-state index in [9.17, 15) is 20.4 Å². The second-order valence-corrected chi connectivity index (χ2v) is 8.24. The predicted octanol–water partition coefficient (Wildman–Crippen LogP) is 0.894. The number of aliphatic hydroxyl groups is 4. The molecular weight excluding hydrogens is 426 g/mol. The zero-order chi connectivity index (χ0) is 22.1. The van der Waals surface area contributed by atoms with Gasteiger partial charge in [0.25, 0.3) is 0 Å². The van der Waals surface area contributed by atoms with Crippen LogP contribution in [0.15, 0.2) is 45.5 Å². The second kappa shape index (κ2) is 9.15. The van der Waals surface area contributed by atoms with Crippen LogP contribution in [0.25, 0.3) is 11.6 Å². The highest BCUT2D eigenvalue weighted by Gasteiger charge is 2.46. The van der Waals surface area contributed by atoms with Crippen LogP contribution in [0.4, 0.5) is 0 Å². The molecule has 1 aliphatic carbocycles. The van der Waals surface area contributed by atoms with Gasteiger partial charge in [0.15, 0.2) is 0 Å². The largest absolute Gasteiger partial charge is 0.440 e. The molecule has 0 saturated carbocycles. The van der Waals surface area contributed by atoms with E-state index in [0.717, 1.165) is 5.57 Å². The molecule has 4 rings (SSSR count). The molecule has 0 amide bonds. The molecule has 2 aromatic rings. The van der Waals surface area contributed by atoms with E-state index in [-0.39, 0.29) is 5.92 Å². The van der Waals surface area contributed by atoms with Gasteiger partial charge >= 0.3 is 0 Å². The van der Waals surface area contributed by atoms with E-state index >= 15 is 0 Å². The maximum Gasteiger partial charge on any atom is 0.247 e. The maximum absolute atomic E-state index is 10.4. The Labute approximate surface area is 183 Å². The summed E-state index contributed by atoms with van der Waals surface area (Å²) in [7, 11) is 0. The molecule has 1 fully saturated rings. The Morgan fingerprint density at radius 2 is 1.94 bits per heavy atom. The van der Waals surface area contributed by atoms with Crippen LogP contribution in [0.5, 0.6) is 0 Å². The number of aromatic nitrogens is 3. The molecule has 1 unspecified atom stereocenters. The molecule has 1 saturated heterocycles. The molecule has 0 bridgehead atoms. The summed E-state index contributed by atoms with van der Waals surface area (Å²) in [4.78, 5) is 4.13. The molecule has 1 aliphatic heterocycles. The van der Waals surface area contributed by atoms with Crippen molar-refractivity contribution in [3.63, 3.8) is 0 Å². The third-order valence-electron chi connectivity index (χ3n) is 5.62. The quantitative estimate of drug-likeness (QED) is 0.523. The van der Waals surface area contributed by atoms with E-state index in [2.05, 4.69) is 15.2 Å². The number of aryl methyl sites for hydroxylation is 1. The minimum atomic E-state index is -1.41. The summed E-state index contributed by atoms with van der Waals surface area (Å²) in [6.07, 6.45) is 0.205. The van der Waals surface area contributed by atoms with Crippen LogP contribution < -0.4 is 0 Å². The van der Waals surface area contributed by atoms with Crippen molar-refractivity contribution in [2.45, 2.75) is 50.3 Å². The van der Waals surface area contributed by atoms with Crippen molar-refractivity contribution in [3.8, 4) is 11.6 Å². The maximum atomic E-state index is 10.4. The highest BCUT2D eigenvalue weighted by Crippen LogP contribution is 2.35. The predicted molar refractivity (Wildman–Crippen MR) is 110 cm³/mol. The monoisotopic (exact) mass is 449 g/mol. The molecule has 3 heterocycles. The Hall–Kier alpha value is -2.14. The molecule has 0 radical (unpaired) electrons. The van der Waals surface area contributed by atoms with Crippen molar-refractivity contribution in [3.05, 3.63) is 52.5 Å². The van der Waals surface area contributed by atoms with Gasteiger partial charge in [-0.2, -0.15) is 5.10 Å². The average molecular weight is 450 g/mol. The lowest BCUT2D eigenvalue weighted by Gasteiger charge is -2.43. The van der Waals surface area contributed by atoms with Crippen LogP contribution in [0, 0.1) is 12.8 Å². The van der Waals surface area contributed by atoms with E-state index in [1.165, 1.54) is 0 Å². The van der Waals surface area contributed by atoms with Crippen molar-refractivity contribution in [2.24, 2.45) is 5.92 Å². The lowest BCUT2D eigenvalue weighted by Crippen LogP contribution is -2.60. The Morgan fingerprint density at radius 1 is 1.13 bits per heavy atom. The molecule has 10 heteroatoms. The second-order valence-electron chi connectivity index (χ2n) is 7.83. The van der Waals surface area contributed by atoms with Crippen LogP contribution in [0.3, 0.4) is 0 Å². The van der Waals surface area contributed by atoms with Crippen molar-refractivity contribution in [1.29, 1.82) is 0 Å². The Balaban J connectivity index is 1.46. The van der Waals surface area contributed by atoms with Crippen LogP contribution in [-0.2, 0) is 11.2 Å². The van der Waals surface area contributed by atoms with Crippen LogP contribution in [0.2, 0.25) is 0 Å². The Kier molecular flexibility index (Phi) is 6.52. The minimum absolute atomic E-state index is 0.300. The van der Waals surface area contributed by atoms with Crippen LogP contribution in [-0.4, -0.2) is 72.7 Å². The van der Waals surface area contributed by atoms with E-state index in [4.69, 9.17) is 20.8 Å². The summed E-state index contributed by atoms with van der Waals surface area (Å²) in [6, 6.07) is 3.59. The van der Waals surface area contributed by atoms with Gasteiger partial charge in [0.05, 0.1) is 24.6 Å². The highest BCUT2D eigenvalue weighted by molar-refractivity contribution is 6.31. The summed E-state index contributed by atoms with van der Waals surface area (Å²) in [6.45, 7) is 1.34. The first kappa shape index (κ1) is 22.1. The first-order valence-electron chi connectivity index (χ1n) is 9.99. The first-order valence-corrected chi connectivity index (χ1v) is 10.4. The average Bonchev–Trinajstić information content (AvgIpc) is 3.21. The molecule has 0 aromatic carbocycles. The zero-order valence-electron chi connectivity index (χ0n) is 16.8. The molecule has 0 spiro atoms. The van der Waals surface area contributed by atoms with E-state index < -0.39 is 37.1 Å². The number of aliphatic hydroxyl groups excluding tert-OH is 4. The number of allylic oxidation sites excluding steroid dienone is 3. The van der Waals surface area contributed by atoms with Gasteiger partial charge in [-0.3, -0.25) is 0 Å². The summed E-state index contributed by atoms with van der Waals surface area (Å²) < 4.78 is 11.2. The molecule has 4 N–H and O–H groups in total. The number of hydrogen-bond donors (Lipinski definition) is 4. The van der Waals surface area contributed by atoms with Gasteiger partial charge in [-0.15, -0.1) is 5.10 Å². The van der Waals surface area contributed by atoms with Crippen molar-refractivity contribution in [2.75, 3.05) is 6.61 Å². The number of oxazole rings is 1. The van der Waals surface area contributed by atoms with Crippen molar-refractivity contribution >= 4 is 11.6 Å². The van der Waals surface area contributed by atoms with Gasteiger partial charge in [-0.25, -0.2) is 4.98 Å². The minimum Gasteiger partial charge on any atom is -0.440 e. The normalized spacial score (nSPS) is 31.3. The number of hydrogen-bond acceptors (Lipinski definition) is 9. The number of halogens is 1. The fraction of sp³-hybridized carbons (Fsp3) is 0.476. The van der Waals surface area contributed by atoms with E-state index in [0.29, 0.717) is 40.9 Å². The van der Waals surface area contributed by atoms with Crippen molar-refractivity contribution in [1.82, 2.24) is 15.2 Å². The lowest BCUT2D eigenvalue weighted by atomic mass is 9.81. The van der Waals surface area contributed by atoms with E-state index in [1.54, 1.807) is 31.3 Å². The summed E-state index contributed by atoms with van der Waals surface area (Å²) >= 11 is 6.40. The van der Waals surface area contributed by atoms with Gasteiger partial charge in [-0.05, 0) is 37.1 Å². The Morgan fingerprint density at radius 3 is 2.58 bits per heavy atom. The van der Waals surface area contributed by atoms with Gasteiger partial charge in [0.1, 0.15) is 35.9 Å². The fourth-order valence-corrected chi connectivity index (χ4v) is 4.12. The van der Waals surface area contributed by atoms with Gasteiger partial charge < -0.3 is 29.6 Å². The first-order chi connectivity index (χ1) is 14.9. The molecule has 6 atom stereocenters. The molecule has 31 heavy (non-hydrogen) atoms. The van der Waals surface area contributed by atoms with Crippen LogP contribution in [0.1, 0.15) is 17.9 Å².